The summed E-state index contributed by atoms with van der Waals surface area (Å²) in [5.74, 6) is 1.59. The van der Waals surface area contributed by atoms with E-state index in [1.807, 2.05) is 11.3 Å². The van der Waals surface area contributed by atoms with Crippen molar-refractivity contribution in [3.8, 4) is 0 Å². The third kappa shape index (κ3) is 3.64. The first-order valence-electron chi connectivity index (χ1n) is 9.94. The third-order valence-corrected chi connectivity index (χ3v) is 7.84. The summed E-state index contributed by atoms with van der Waals surface area (Å²) in [4.78, 5) is 16.8. The van der Waals surface area contributed by atoms with Gasteiger partial charge in [0.25, 0.3) is 0 Å². The van der Waals surface area contributed by atoms with Gasteiger partial charge in [0.15, 0.2) is 0 Å². The Labute approximate surface area is 155 Å². The predicted molar refractivity (Wildman–Crippen MR) is 102 cm³/mol. The molecule has 4 rings (SSSR count). The molecule has 0 saturated heterocycles. The number of hydrogen-bond acceptors (Lipinski definition) is 4. The van der Waals surface area contributed by atoms with Crippen molar-refractivity contribution in [3.05, 3.63) is 21.9 Å². The number of carbonyl (C=O) groups excluding carboxylic acids is 1. The lowest BCUT2D eigenvalue weighted by molar-refractivity contribution is -0.128. The van der Waals surface area contributed by atoms with Crippen molar-refractivity contribution in [1.29, 1.82) is 0 Å². The quantitative estimate of drug-likeness (QED) is 0.867. The number of carbonyl (C=O) groups is 1. The Morgan fingerprint density at radius 3 is 2.92 bits per heavy atom. The molecule has 2 heterocycles. The molecule has 2 aliphatic carbocycles. The van der Waals surface area contributed by atoms with E-state index in [1.165, 1.54) is 29.7 Å². The lowest BCUT2D eigenvalue weighted by Gasteiger charge is -2.43. The minimum atomic E-state index is 0.187. The van der Waals surface area contributed by atoms with E-state index in [2.05, 4.69) is 28.6 Å². The van der Waals surface area contributed by atoms with E-state index in [-0.39, 0.29) is 11.8 Å². The van der Waals surface area contributed by atoms with Gasteiger partial charge < -0.3 is 11.1 Å². The lowest BCUT2D eigenvalue weighted by Crippen LogP contribution is -2.50. The summed E-state index contributed by atoms with van der Waals surface area (Å²) in [6, 6.07) is 2.98. The highest BCUT2D eigenvalue weighted by Gasteiger charge is 2.40. The SMILES string of the molecule is CC(CNC(=O)C1CC2CCCC(C1)C2N)N1CCc2sccc2C1. The summed E-state index contributed by atoms with van der Waals surface area (Å²) in [5, 5.41) is 5.45. The average Bonchev–Trinajstić information content (AvgIpc) is 3.06. The molecule has 25 heavy (non-hydrogen) atoms. The Hall–Kier alpha value is -0.910. The van der Waals surface area contributed by atoms with Gasteiger partial charge in [-0.25, -0.2) is 0 Å². The third-order valence-electron chi connectivity index (χ3n) is 6.82. The normalized spacial score (nSPS) is 33.5. The van der Waals surface area contributed by atoms with Crippen molar-refractivity contribution in [3.63, 3.8) is 0 Å². The van der Waals surface area contributed by atoms with Crippen molar-refractivity contribution in [2.45, 2.75) is 64.1 Å². The van der Waals surface area contributed by atoms with Gasteiger partial charge in [-0.3, -0.25) is 9.69 Å². The molecule has 2 fully saturated rings. The Kier molecular flexibility index (Phi) is 5.16. The molecule has 5 heteroatoms. The number of nitrogens with one attached hydrogen (secondary N) is 1. The summed E-state index contributed by atoms with van der Waals surface area (Å²) in [6.07, 6.45) is 6.88. The monoisotopic (exact) mass is 361 g/mol. The van der Waals surface area contributed by atoms with Crippen molar-refractivity contribution in [2.75, 3.05) is 13.1 Å². The number of amides is 1. The standard InChI is InChI=1S/C20H31N3OS/c1-13(23-7-5-18-16(12-23)6-8-25-18)11-22-20(24)17-9-14-3-2-4-15(10-17)19(14)21/h6,8,13-15,17,19H,2-5,7,9-12,21H2,1H3,(H,22,24). The van der Waals surface area contributed by atoms with Gasteiger partial charge in [-0.1, -0.05) is 6.42 Å². The van der Waals surface area contributed by atoms with Crippen molar-refractivity contribution in [2.24, 2.45) is 23.5 Å². The summed E-state index contributed by atoms with van der Waals surface area (Å²) in [5.41, 5.74) is 7.83. The topological polar surface area (TPSA) is 58.4 Å². The van der Waals surface area contributed by atoms with Gasteiger partial charge in [-0.2, -0.15) is 0 Å². The lowest BCUT2D eigenvalue weighted by atomic mass is 9.65. The molecule has 0 aromatic carbocycles. The van der Waals surface area contributed by atoms with Crippen LogP contribution >= 0.6 is 11.3 Å². The number of nitrogens with zero attached hydrogens (tertiary/aromatic N) is 1. The Morgan fingerprint density at radius 2 is 2.16 bits per heavy atom. The van der Waals surface area contributed by atoms with Crippen LogP contribution in [0.3, 0.4) is 0 Å². The Bertz CT molecular complexity index is 602. The second-order valence-corrected chi connectivity index (χ2v) is 9.38. The zero-order chi connectivity index (χ0) is 17.4. The number of rotatable bonds is 4. The fraction of sp³-hybridized carbons (Fsp3) is 0.750. The number of hydrogen-bond donors (Lipinski definition) is 2. The van der Waals surface area contributed by atoms with Crippen LogP contribution in [0.25, 0.3) is 0 Å². The molecular formula is C20H31N3OS. The van der Waals surface area contributed by atoms with E-state index in [0.29, 0.717) is 23.9 Å². The first-order chi connectivity index (χ1) is 12.1. The molecule has 1 aliphatic heterocycles. The molecule has 0 radical (unpaired) electrons. The van der Waals surface area contributed by atoms with Gasteiger partial charge in [0.1, 0.15) is 0 Å². The molecule has 3 unspecified atom stereocenters. The largest absolute Gasteiger partial charge is 0.354 e. The van der Waals surface area contributed by atoms with Gasteiger partial charge in [0.2, 0.25) is 5.91 Å². The van der Waals surface area contributed by atoms with Gasteiger partial charge in [0, 0.05) is 42.5 Å². The van der Waals surface area contributed by atoms with Gasteiger partial charge in [-0.05, 0) is 67.9 Å². The second-order valence-electron chi connectivity index (χ2n) is 8.38. The van der Waals surface area contributed by atoms with Crippen molar-refractivity contribution < 1.29 is 4.79 Å². The fourth-order valence-electron chi connectivity index (χ4n) is 5.17. The fourth-order valence-corrected chi connectivity index (χ4v) is 6.06. The minimum absolute atomic E-state index is 0.187. The van der Waals surface area contributed by atoms with Crippen LogP contribution < -0.4 is 11.1 Å². The van der Waals surface area contributed by atoms with Crippen LogP contribution in [0.2, 0.25) is 0 Å². The van der Waals surface area contributed by atoms with E-state index in [0.717, 1.165) is 38.9 Å². The molecule has 0 spiro atoms. The maximum atomic E-state index is 12.7. The van der Waals surface area contributed by atoms with Crippen LogP contribution in [0, 0.1) is 17.8 Å². The average molecular weight is 362 g/mol. The summed E-state index contributed by atoms with van der Waals surface area (Å²) in [6.45, 7) is 5.13. The van der Waals surface area contributed by atoms with Crippen molar-refractivity contribution >= 4 is 17.2 Å². The molecule has 1 aromatic heterocycles. The second kappa shape index (κ2) is 7.37. The Balaban J connectivity index is 1.27. The number of nitrogens with two attached hydrogens (primary N) is 1. The van der Waals surface area contributed by atoms with Crippen LogP contribution in [0.5, 0.6) is 0 Å². The molecule has 3 N–H and O–H groups in total. The van der Waals surface area contributed by atoms with Gasteiger partial charge in [-0.15, -0.1) is 11.3 Å². The first-order valence-corrected chi connectivity index (χ1v) is 10.8. The minimum Gasteiger partial charge on any atom is -0.354 e. The van der Waals surface area contributed by atoms with E-state index >= 15 is 0 Å². The predicted octanol–water partition coefficient (Wildman–Crippen LogP) is 2.76. The van der Waals surface area contributed by atoms with E-state index in [1.54, 1.807) is 0 Å². The summed E-state index contributed by atoms with van der Waals surface area (Å²) >= 11 is 1.88. The first kappa shape index (κ1) is 17.5. The Morgan fingerprint density at radius 1 is 1.40 bits per heavy atom. The van der Waals surface area contributed by atoms with E-state index in [4.69, 9.17) is 5.73 Å². The highest BCUT2D eigenvalue weighted by molar-refractivity contribution is 7.10. The highest BCUT2D eigenvalue weighted by atomic mass is 32.1. The van der Waals surface area contributed by atoms with E-state index in [9.17, 15) is 4.79 Å². The highest BCUT2D eigenvalue weighted by Crippen LogP contribution is 2.41. The van der Waals surface area contributed by atoms with Crippen LogP contribution in [-0.4, -0.2) is 36.0 Å². The van der Waals surface area contributed by atoms with E-state index < -0.39 is 0 Å². The molecule has 1 amide bonds. The molecule has 138 valence electrons. The molecular weight excluding hydrogens is 330 g/mol. The molecule has 2 bridgehead atoms. The summed E-state index contributed by atoms with van der Waals surface area (Å²) < 4.78 is 0. The number of thiophene rings is 1. The maximum absolute atomic E-state index is 12.7. The smallest absolute Gasteiger partial charge is 0.223 e. The molecule has 2 saturated carbocycles. The maximum Gasteiger partial charge on any atom is 0.223 e. The van der Waals surface area contributed by atoms with Crippen LogP contribution in [0.4, 0.5) is 0 Å². The van der Waals surface area contributed by atoms with Gasteiger partial charge in [0.05, 0.1) is 0 Å². The molecule has 4 nitrogen and oxygen atoms in total. The number of fused-ring (bicyclic) bond motifs is 3. The molecule has 3 aliphatic rings. The van der Waals surface area contributed by atoms with Gasteiger partial charge >= 0.3 is 0 Å². The van der Waals surface area contributed by atoms with Crippen LogP contribution in [-0.2, 0) is 17.8 Å². The molecule has 1 aromatic rings. The van der Waals surface area contributed by atoms with Crippen molar-refractivity contribution in [1.82, 2.24) is 10.2 Å². The zero-order valence-corrected chi connectivity index (χ0v) is 16.1. The molecule has 3 atom stereocenters. The zero-order valence-electron chi connectivity index (χ0n) is 15.2. The van der Waals surface area contributed by atoms with Crippen LogP contribution in [0.15, 0.2) is 11.4 Å². The van der Waals surface area contributed by atoms with Crippen LogP contribution in [0.1, 0.15) is 49.5 Å². The summed E-state index contributed by atoms with van der Waals surface area (Å²) in [7, 11) is 0.